The second-order valence-corrected chi connectivity index (χ2v) is 4.62. The van der Waals surface area contributed by atoms with Crippen LogP contribution in [0.4, 0.5) is 0 Å². The highest BCUT2D eigenvalue weighted by Crippen LogP contribution is 2.37. The number of diazo groups is 1. The van der Waals surface area contributed by atoms with Crippen LogP contribution < -0.4 is 5.73 Å². The average Bonchev–Trinajstić information content (AvgIpc) is 2.44. The number of carbonyl (C=O) groups is 2. The highest BCUT2D eigenvalue weighted by molar-refractivity contribution is 6.29. The smallest absolute Gasteiger partial charge is 0.289 e. The molecule has 92 valence electrons. The van der Waals surface area contributed by atoms with Crippen LogP contribution in [-0.2, 0) is 0 Å². The van der Waals surface area contributed by atoms with Gasteiger partial charge in [-0.25, -0.2) is 5.73 Å². The Kier molecular flexibility index (Phi) is 2.24. The number of nitrogens with zero attached hydrogens (tertiary/aromatic N) is 2. The number of fused-ring (bicyclic) bond motifs is 1. The van der Waals surface area contributed by atoms with E-state index in [1.807, 2.05) is 0 Å². The van der Waals surface area contributed by atoms with E-state index in [9.17, 15) is 9.59 Å². The molecule has 5 nitrogen and oxygen atoms in total. The summed E-state index contributed by atoms with van der Waals surface area (Å²) in [5, 5.41) is 9.11. The third-order valence-corrected chi connectivity index (χ3v) is 3.48. The summed E-state index contributed by atoms with van der Waals surface area (Å²) in [6.07, 6.45) is 3.39. The lowest BCUT2D eigenvalue weighted by atomic mass is 9.75. The van der Waals surface area contributed by atoms with E-state index < -0.39 is 5.66 Å². The van der Waals surface area contributed by atoms with Gasteiger partial charge >= 0.3 is 5.66 Å². The molecule has 2 N–H and O–H groups in total. The zero-order chi connectivity index (χ0) is 13.6. The van der Waals surface area contributed by atoms with Crippen LogP contribution in [0.2, 0.25) is 0 Å². The molecule has 3 rings (SSSR count). The van der Waals surface area contributed by atoms with E-state index in [-0.39, 0.29) is 29.1 Å². The molecule has 1 aromatic rings. The molecule has 0 radical (unpaired) electrons. The van der Waals surface area contributed by atoms with Crippen molar-refractivity contribution in [1.82, 2.24) is 0 Å². The quantitative estimate of drug-likeness (QED) is 0.713. The summed E-state index contributed by atoms with van der Waals surface area (Å²) in [5.74, 6) is -0.616. The predicted octanol–water partition coefficient (Wildman–Crippen LogP) is 1.83. The van der Waals surface area contributed by atoms with Crippen molar-refractivity contribution in [2.24, 2.45) is 5.73 Å². The standard InChI is InChI=1S/C14H10N3O2/c15-14(17-16)7-3-6-10-11(14)13(19)9-5-2-1-4-8(9)12(10)18/h1-6H,7,15H2/q+1. The van der Waals surface area contributed by atoms with E-state index in [1.165, 1.54) is 0 Å². The van der Waals surface area contributed by atoms with E-state index >= 15 is 0 Å². The van der Waals surface area contributed by atoms with E-state index in [0.29, 0.717) is 11.1 Å². The van der Waals surface area contributed by atoms with Crippen molar-refractivity contribution in [3.05, 3.63) is 63.7 Å². The molecule has 2 aliphatic carbocycles. The van der Waals surface area contributed by atoms with Gasteiger partial charge in [-0.1, -0.05) is 36.4 Å². The van der Waals surface area contributed by atoms with Gasteiger partial charge in [-0.05, 0) is 0 Å². The minimum absolute atomic E-state index is 0.0706. The first-order valence-electron chi connectivity index (χ1n) is 5.83. The SMILES string of the molecule is N#[N+]C1(N)CC=CC2=C1C(=O)c1ccccc1C2=O. The van der Waals surface area contributed by atoms with Crippen molar-refractivity contribution >= 4 is 11.6 Å². The third kappa shape index (κ3) is 1.41. The van der Waals surface area contributed by atoms with Crippen molar-refractivity contribution in [2.75, 3.05) is 0 Å². The summed E-state index contributed by atoms with van der Waals surface area (Å²) >= 11 is 0. The van der Waals surface area contributed by atoms with Crippen molar-refractivity contribution in [1.29, 1.82) is 5.39 Å². The van der Waals surface area contributed by atoms with Crippen LogP contribution in [0.3, 0.4) is 0 Å². The zero-order valence-corrected chi connectivity index (χ0v) is 9.96. The van der Waals surface area contributed by atoms with Crippen LogP contribution in [0.25, 0.3) is 4.98 Å². The van der Waals surface area contributed by atoms with Crippen molar-refractivity contribution in [3.8, 4) is 0 Å². The lowest BCUT2D eigenvalue weighted by Crippen LogP contribution is -2.45. The summed E-state index contributed by atoms with van der Waals surface area (Å²) in [7, 11) is 0. The molecular formula is C14H10N3O2+. The summed E-state index contributed by atoms with van der Waals surface area (Å²) in [5.41, 5.74) is 5.34. The van der Waals surface area contributed by atoms with Crippen LogP contribution in [-0.4, -0.2) is 17.2 Å². The second-order valence-electron chi connectivity index (χ2n) is 4.62. The largest absolute Gasteiger partial charge is 0.408 e. The Morgan fingerprint density at radius 1 is 1.16 bits per heavy atom. The van der Waals surface area contributed by atoms with E-state index in [2.05, 4.69) is 4.98 Å². The molecule has 1 atom stereocenters. The Morgan fingerprint density at radius 3 is 2.42 bits per heavy atom. The topological polar surface area (TPSA) is 88.3 Å². The Balaban J connectivity index is 2.32. The third-order valence-electron chi connectivity index (χ3n) is 3.48. The molecule has 0 saturated heterocycles. The van der Waals surface area contributed by atoms with Gasteiger partial charge in [-0.3, -0.25) is 9.59 Å². The fraction of sp³-hybridized carbons (Fsp3) is 0.143. The Bertz CT molecular complexity index is 724. The zero-order valence-electron chi connectivity index (χ0n) is 9.96. The number of hydrogen-bond donors (Lipinski definition) is 1. The van der Waals surface area contributed by atoms with Gasteiger partial charge < -0.3 is 0 Å². The molecule has 1 aromatic carbocycles. The van der Waals surface area contributed by atoms with Gasteiger partial charge in [0.05, 0.1) is 6.42 Å². The normalized spacial score (nSPS) is 24.8. The molecule has 5 heteroatoms. The molecule has 1 unspecified atom stereocenters. The second kappa shape index (κ2) is 3.70. The van der Waals surface area contributed by atoms with Crippen LogP contribution in [0.15, 0.2) is 47.6 Å². The predicted molar refractivity (Wildman–Crippen MR) is 67.9 cm³/mol. The fourth-order valence-electron chi connectivity index (χ4n) is 2.53. The number of hydrogen-bond acceptors (Lipinski definition) is 4. The van der Waals surface area contributed by atoms with E-state index in [0.717, 1.165) is 0 Å². The highest BCUT2D eigenvalue weighted by atomic mass is 16.1. The van der Waals surface area contributed by atoms with Gasteiger partial charge in [0.15, 0.2) is 5.78 Å². The fourth-order valence-corrected chi connectivity index (χ4v) is 2.53. The van der Waals surface area contributed by atoms with E-state index in [4.69, 9.17) is 11.1 Å². The first kappa shape index (κ1) is 11.5. The molecule has 0 saturated carbocycles. The number of Topliss-reactive ketones (excluding diaryl/α,β-unsaturated/α-hetero) is 2. The monoisotopic (exact) mass is 252 g/mol. The highest BCUT2D eigenvalue weighted by Gasteiger charge is 2.53. The summed E-state index contributed by atoms with van der Waals surface area (Å²) in [6, 6.07) is 6.57. The summed E-state index contributed by atoms with van der Waals surface area (Å²) < 4.78 is 0. The van der Waals surface area contributed by atoms with Crippen LogP contribution in [0, 0.1) is 5.39 Å². The van der Waals surface area contributed by atoms with Crippen LogP contribution >= 0.6 is 0 Å². The molecule has 0 aromatic heterocycles. The maximum atomic E-state index is 12.5. The van der Waals surface area contributed by atoms with Gasteiger partial charge in [-0.2, -0.15) is 0 Å². The number of nitrogens with two attached hydrogens (primary N) is 1. The van der Waals surface area contributed by atoms with Gasteiger partial charge in [0.2, 0.25) is 11.2 Å². The number of ketones is 2. The first-order valence-corrected chi connectivity index (χ1v) is 5.83. The number of benzene rings is 1. The van der Waals surface area contributed by atoms with Gasteiger partial charge in [0.25, 0.3) is 0 Å². The van der Waals surface area contributed by atoms with E-state index in [1.54, 1.807) is 36.4 Å². The minimum atomic E-state index is -1.54. The Morgan fingerprint density at radius 2 is 1.79 bits per heavy atom. The molecule has 0 fully saturated rings. The molecule has 0 aliphatic heterocycles. The lowest BCUT2D eigenvalue weighted by molar-refractivity contribution is 0.0966. The maximum Gasteiger partial charge on any atom is 0.408 e. The molecule has 2 aliphatic rings. The van der Waals surface area contributed by atoms with Gasteiger partial charge in [0.1, 0.15) is 10.5 Å². The van der Waals surface area contributed by atoms with Crippen LogP contribution in [0.5, 0.6) is 0 Å². The van der Waals surface area contributed by atoms with Gasteiger partial charge in [0, 0.05) is 16.7 Å². The Hall–Kier alpha value is -2.58. The minimum Gasteiger partial charge on any atom is -0.289 e. The molecule has 0 heterocycles. The molecule has 0 amide bonds. The molecule has 0 bridgehead atoms. The summed E-state index contributed by atoms with van der Waals surface area (Å²) in [6.45, 7) is 0. The van der Waals surface area contributed by atoms with Crippen molar-refractivity contribution in [3.63, 3.8) is 0 Å². The van der Waals surface area contributed by atoms with Crippen LogP contribution in [0.1, 0.15) is 27.1 Å². The lowest BCUT2D eigenvalue weighted by Gasteiger charge is -2.23. The first-order chi connectivity index (χ1) is 9.08. The Labute approximate surface area is 109 Å². The summed E-state index contributed by atoms with van der Waals surface area (Å²) in [4.78, 5) is 28.0. The average molecular weight is 252 g/mol. The molecular weight excluding hydrogens is 242 g/mol. The number of rotatable bonds is 0. The van der Waals surface area contributed by atoms with Gasteiger partial charge in [-0.15, -0.1) is 0 Å². The number of carbonyl (C=O) groups excluding carboxylic acids is 2. The molecule has 19 heavy (non-hydrogen) atoms. The molecule has 0 spiro atoms. The van der Waals surface area contributed by atoms with Crippen molar-refractivity contribution in [2.45, 2.75) is 12.1 Å². The van der Waals surface area contributed by atoms with Crippen molar-refractivity contribution < 1.29 is 9.59 Å². The number of allylic oxidation sites excluding steroid dienone is 2. The maximum absolute atomic E-state index is 12.5.